The largest absolute Gasteiger partial charge is 0.388 e. The van der Waals surface area contributed by atoms with E-state index in [0.29, 0.717) is 18.5 Å². The molecule has 116 valence electrons. The highest BCUT2D eigenvalue weighted by molar-refractivity contribution is 5.57. The summed E-state index contributed by atoms with van der Waals surface area (Å²) in [6, 6.07) is 10.9. The summed E-state index contributed by atoms with van der Waals surface area (Å²) in [7, 11) is 0. The SMILES string of the molecule is CC(n1cnc(-c2ccccc2)cc1=O)C1(O)CCNCC1. The van der Waals surface area contributed by atoms with Gasteiger partial charge in [-0.3, -0.25) is 9.36 Å². The van der Waals surface area contributed by atoms with Gasteiger partial charge in [-0.15, -0.1) is 0 Å². The first-order valence-electron chi connectivity index (χ1n) is 7.67. The van der Waals surface area contributed by atoms with Crippen LogP contribution >= 0.6 is 0 Å². The van der Waals surface area contributed by atoms with Gasteiger partial charge in [-0.1, -0.05) is 30.3 Å². The second-order valence-corrected chi connectivity index (χ2v) is 5.92. The Balaban J connectivity index is 1.91. The molecule has 0 radical (unpaired) electrons. The van der Waals surface area contributed by atoms with Crippen molar-refractivity contribution in [2.75, 3.05) is 13.1 Å². The normalized spacial score (nSPS) is 18.8. The molecule has 0 spiro atoms. The van der Waals surface area contributed by atoms with Crippen molar-refractivity contribution in [1.29, 1.82) is 0 Å². The molecule has 1 unspecified atom stereocenters. The fourth-order valence-corrected chi connectivity index (χ4v) is 3.00. The second kappa shape index (κ2) is 6.02. The number of piperidine rings is 1. The van der Waals surface area contributed by atoms with Gasteiger partial charge in [0.15, 0.2) is 0 Å². The molecule has 1 saturated heterocycles. The van der Waals surface area contributed by atoms with Crippen molar-refractivity contribution in [2.45, 2.75) is 31.4 Å². The van der Waals surface area contributed by atoms with Crippen LogP contribution in [0, 0.1) is 0 Å². The highest BCUT2D eigenvalue weighted by Gasteiger charge is 2.36. The quantitative estimate of drug-likeness (QED) is 0.903. The lowest BCUT2D eigenvalue weighted by Crippen LogP contribution is -2.48. The predicted molar refractivity (Wildman–Crippen MR) is 85.7 cm³/mol. The Kier molecular flexibility index (Phi) is 4.09. The van der Waals surface area contributed by atoms with Gasteiger partial charge < -0.3 is 10.4 Å². The Hall–Kier alpha value is -1.98. The maximum atomic E-state index is 12.4. The van der Waals surface area contributed by atoms with Gasteiger partial charge in [0.2, 0.25) is 0 Å². The van der Waals surface area contributed by atoms with Crippen LogP contribution in [-0.2, 0) is 0 Å². The molecule has 0 amide bonds. The van der Waals surface area contributed by atoms with Crippen molar-refractivity contribution in [3.63, 3.8) is 0 Å². The van der Waals surface area contributed by atoms with E-state index in [1.165, 1.54) is 10.6 Å². The third kappa shape index (κ3) is 2.82. The van der Waals surface area contributed by atoms with Crippen molar-refractivity contribution in [3.05, 3.63) is 53.1 Å². The van der Waals surface area contributed by atoms with Crippen molar-refractivity contribution in [1.82, 2.24) is 14.9 Å². The Morgan fingerprint density at radius 1 is 1.27 bits per heavy atom. The van der Waals surface area contributed by atoms with E-state index < -0.39 is 5.60 Å². The minimum absolute atomic E-state index is 0.131. The Bertz CT molecular complexity index is 691. The molecule has 0 bridgehead atoms. The summed E-state index contributed by atoms with van der Waals surface area (Å²) >= 11 is 0. The van der Waals surface area contributed by atoms with Gasteiger partial charge in [0.05, 0.1) is 23.7 Å². The van der Waals surface area contributed by atoms with Gasteiger partial charge >= 0.3 is 0 Å². The molecule has 1 aromatic heterocycles. The van der Waals surface area contributed by atoms with E-state index in [9.17, 15) is 9.90 Å². The Morgan fingerprint density at radius 2 is 1.95 bits per heavy atom. The minimum Gasteiger partial charge on any atom is -0.388 e. The van der Waals surface area contributed by atoms with E-state index in [1.807, 2.05) is 37.3 Å². The summed E-state index contributed by atoms with van der Waals surface area (Å²) in [6.45, 7) is 3.42. The first kappa shape index (κ1) is 14.9. The van der Waals surface area contributed by atoms with Gasteiger partial charge in [0.25, 0.3) is 5.56 Å². The fourth-order valence-electron chi connectivity index (χ4n) is 3.00. The summed E-state index contributed by atoms with van der Waals surface area (Å²) in [5.74, 6) is 0. The van der Waals surface area contributed by atoms with Crippen molar-refractivity contribution < 1.29 is 5.11 Å². The van der Waals surface area contributed by atoms with E-state index in [1.54, 1.807) is 6.33 Å². The molecule has 5 heteroatoms. The monoisotopic (exact) mass is 299 g/mol. The first-order chi connectivity index (χ1) is 10.6. The number of nitrogens with one attached hydrogen (secondary N) is 1. The van der Waals surface area contributed by atoms with Gasteiger partial charge in [-0.2, -0.15) is 0 Å². The van der Waals surface area contributed by atoms with E-state index in [0.717, 1.165) is 18.7 Å². The fraction of sp³-hybridized carbons (Fsp3) is 0.412. The summed E-state index contributed by atoms with van der Waals surface area (Å²) in [5.41, 5.74) is 0.588. The van der Waals surface area contributed by atoms with Crippen molar-refractivity contribution >= 4 is 0 Å². The molecule has 2 aromatic rings. The molecule has 1 aromatic carbocycles. The average molecular weight is 299 g/mol. The van der Waals surface area contributed by atoms with Gasteiger partial charge in [-0.25, -0.2) is 4.98 Å². The summed E-state index contributed by atoms with van der Waals surface area (Å²) in [4.78, 5) is 16.8. The molecule has 0 saturated carbocycles. The summed E-state index contributed by atoms with van der Waals surface area (Å²) in [5, 5.41) is 14.0. The maximum Gasteiger partial charge on any atom is 0.254 e. The third-order valence-corrected chi connectivity index (χ3v) is 4.57. The zero-order valence-electron chi connectivity index (χ0n) is 12.7. The molecule has 2 N–H and O–H groups in total. The van der Waals surface area contributed by atoms with E-state index in [-0.39, 0.29) is 11.6 Å². The summed E-state index contributed by atoms with van der Waals surface area (Å²) in [6.07, 6.45) is 2.83. The molecule has 5 nitrogen and oxygen atoms in total. The van der Waals surface area contributed by atoms with Crippen LogP contribution in [0.3, 0.4) is 0 Å². The zero-order chi connectivity index (χ0) is 15.6. The molecule has 1 fully saturated rings. The smallest absolute Gasteiger partial charge is 0.254 e. The van der Waals surface area contributed by atoms with Crippen LogP contribution in [0.1, 0.15) is 25.8 Å². The standard InChI is InChI=1S/C17H21N3O2/c1-13(17(22)7-9-18-10-8-17)20-12-19-15(11-16(20)21)14-5-3-2-4-6-14/h2-6,11-13,18,22H,7-10H2,1H3. The minimum atomic E-state index is -0.856. The number of hydrogen-bond donors (Lipinski definition) is 2. The van der Waals surface area contributed by atoms with Crippen LogP contribution < -0.4 is 10.9 Å². The molecule has 22 heavy (non-hydrogen) atoms. The molecule has 1 atom stereocenters. The average Bonchev–Trinajstić information content (AvgIpc) is 2.56. The number of rotatable bonds is 3. The lowest BCUT2D eigenvalue weighted by molar-refractivity contribution is -0.0330. The number of benzene rings is 1. The lowest BCUT2D eigenvalue weighted by Gasteiger charge is -2.38. The molecule has 2 heterocycles. The molecular formula is C17H21N3O2. The van der Waals surface area contributed by atoms with Crippen molar-refractivity contribution in [3.8, 4) is 11.3 Å². The molecule has 1 aliphatic heterocycles. The predicted octanol–water partition coefficient (Wildman–Crippen LogP) is 1.59. The lowest BCUT2D eigenvalue weighted by atomic mass is 9.85. The Labute approximate surface area is 129 Å². The van der Waals surface area contributed by atoms with Gasteiger partial charge in [0, 0.05) is 11.6 Å². The summed E-state index contributed by atoms with van der Waals surface area (Å²) < 4.78 is 1.54. The maximum absolute atomic E-state index is 12.4. The van der Waals surface area contributed by atoms with Crippen LogP contribution in [0.2, 0.25) is 0 Å². The van der Waals surface area contributed by atoms with Crippen molar-refractivity contribution in [2.24, 2.45) is 0 Å². The number of aromatic nitrogens is 2. The van der Waals surface area contributed by atoms with Gasteiger partial charge in [0.1, 0.15) is 0 Å². The number of nitrogens with zero attached hydrogens (tertiary/aromatic N) is 2. The van der Waals surface area contributed by atoms with E-state index in [4.69, 9.17) is 0 Å². The third-order valence-electron chi connectivity index (χ3n) is 4.57. The topological polar surface area (TPSA) is 67.2 Å². The van der Waals surface area contributed by atoms with E-state index >= 15 is 0 Å². The molecule has 3 rings (SSSR count). The highest BCUT2D eigenvalue weighted by Crippen LogP contribution is 2.30. The first-order valence-corrected chi connectivity index (χ1v) is 7.67. The van der Waals surface area contributed by atoms with Crippen LogP contribution in [0.15, 0.2) is 47.5 Å². The molecule has 1 aliphatic rings. The zero-order valence-corrected chi connectivity index (χ0v) is 12.7. The second-order valence-electron chi connectivity index (χ2n) is 5.92. The van der Waals surface area contributed by atoms with Crippen LogP contribution in [-0.4, -0.2) is 33.3 Å². The van der Waals surface area contributed by atoms with E-state index in [2.05, 4.69) is 10.3 Å². The highest BCUT2D eigenvalue weighted by atomic mass is 16.3. The number of aliphatic hydroxyl groups is 1. The molecular weight excluding hydrogens is 278 g/mol. The molecule has 0 aliphatic carbocycles. The van der Waals surface area contributed by atoms with Gasteiger partial charge in [-0.05, 0) is 32.9 Å². The van der Waals surface area contributed by atoms with Crippen LogP contribution in [0.5, 0.6) is 0 Å². The Morgan fingerprint density at radius 3 is 2.59 bits per heavy atom. The number of hydrogen-bond acceptors (Lipinski definition) is 4. The van der Waals surface area contributed by atoms with Crippen LogP contribution in [0.25, 0.3) is 11.3 Å². The van der Waals surface area contributed by atoms with Crippen LogP contribution in [0.4, 0.5) is 0 Å².